The molecule has 0 aromatic carbocycles. The van der Waals surface area contributed by atoms with Crippen LogP contribution in [0, 0.1) is 0 Å². The van der Waals surface area contributed by atoms with Gasteiger partial charge in [0, 0.05) is 18.5 Å². The molecular formula is C15H25N5O. The highest BCUT2D eigenvalue weighted by molar-refractivity contribution is 5.97. The summed E-state index contributed by atoms with van der Waals surface area (Å²) < 4.78 is 0. The lowest BCUT2D eigenvalue weighted by Crippen LogP contribution is -2.39. The zero-order chi connectivity index (χ0) is 15.4. The average molecular weight is 291 g/mol. The van der Waals surface area contributed by atoms with Crippen molar-refractivity contribution < 1.29 is 4.79 Å². The lowest BCUT2D eigenvalue weighted by Gasteiger charge is -2.28. The van der Waals surface area contributed by atoms with E-state index in [1.54, 1.807) is 6.20 Å². The number of rotatable bonds is 5. The molecule has 21 heavy (non-hydrogen) atoms. The van der Waals surface area contributed by atoms with E-state index in [1.807, 2.05) is 25.7 Å². The molecule has 2 rings (SSSR count). The van der Waals surface area contributed by atoms with Gasteiger partial charge in [-0.1, -0.05) is 26.7 Å². The lowest BCUT2D eigenvalue weighted by molar-refractivity contribution is 0.0688. The molecule has 1 fully saturated rings. The van der Waals surface area contributed by atoms with Crippen molar-refractivity contribution >= 4 is 11.6 Å². The normalized spacial score (nSPS) is 15.5. The highest BCUT2D eigenvalue weighted by Crippen LogP contribution is 2.26. The number of carbonyl (C=O) groups excluding carboxylic acids is 1. The maximum absolute atomic E-state index is 12.9. The Morgan fingerprint density at radius 3 is 2.67 bits per heavy atom. The Balaban J connectivity index is 2.33. The summed E-state index contributed by atoms with van der Waals surface area (Å²) in [6.45, 7) is 6.71. The van der Waals surface area contributed by atoms with Gasteiger partial charge in [-0.25, -0.2) is 9.97 Å². The van der Waals surface area contributed by atoms with Crippen LogP contribution >= 0.6 is 0 Å². The van der Waals surface area contributed by atoms with Crippen LogP contribution in [0.4, 0.5) is 5.69 Å². The molecule has 1 amide bonds. The number of nitrogens with zero attached hydrogens (tertiary/aromatic N) is 3. The van der Waals surface area contributed by atoms with Gasteiger partial charge in [0.1, 0.15) is 5.82 Å². The van der Waals surface area contributed by atoms with Crippen LogP contribution in [0.2, 0.25) is 0 Å². The van der Waals surface area contributed by atoms with Crippen molar-refractivity contribution in [1.29, 1.82) is 0 Å². The molecule has 1 saturated carbocycles. The van der Waals surface area contributed by atoms with Gasteiger partial charge in [-0.05, 0) is 19.8 Å². The van der Waals surface area contributed by atoms with Crippen LogP contribution in [0.15, 0.2) is 6.20 Å². The highest BCUT2D eigenvalue weighted by Gasteiger charge is 2.28. The van der Waals surface area contributed by atoms with Gasteiger partial charge < -0.3 is 10.3 Å². The van der Waals surface area contributed by atoms with E-state index in [2.05, 4.69) is 15.4 Å². The Morgan fingerprint density at radius 1 is 1.48 bits per heavy atom. The van der Waals surface area contributed by atoms with Gasteiger partial charge in [-0.15, -0.1) is 0 Å². The zero-order valence-corrected chi connectivity index (χ0v) is 13.1. The minimum Gasteiger partial charge on any atom is -0.335 e. The number of carbonyl (C=O) groups is 1. The average Bonchev–Trinajstić information content (AvgIpc) is 3.01. The van der Waals surface area contributed by atoms with Gasteiger partial charge in [0.05, 0.1) is 11.9 Å². The number of hydrazine groups is 1. The maximum atomic E-state index is 12.9. The summed E-state index contributed by atoms with van der Waals surface area (Å²) in [7, 11) is 0. The Bertz CT molecular complexity index is 497. The minimum atomic E-state index is -0.0540. The zero-order valence-electron chi connectivity index (χ0n) is 13.1. The predicted octanol–water partition coefficient (Wildman–Crippen LogP) is 2.29. The number of anilines is 1. The Kier molecular flexibility index (Phi) is 5.12. The molecule has 1 aliphatic rings. The van der Waals surface area contributed by atoms with Crippen LogP contribution in [0.5, 0.6) is 0 Å². The summed E-state index contributed by atoms with van der Waals surface area (Å²) in [5.74, 6) is 6.29. The summed E-state index contributed by atoms with van der Waals surface area (Å²) in [4.78, 5) is 23.5. The number of nitrogens with one attached hydrogen (secondary N) is 1. The maximum Gasteiger partial charge on any atom is 0.275 e. The SMILES string of the molecule is CCN(C(=O)c1nc(C(C)C)ncc1NN)C1CCCC1. The fourth-order valence-corrected chi connectivity index (χ4v) is 2.86. The van der Waals surface area contributed by atoms with E-state index >= 15 is 0 Å². The van der Waals surface area contributed by atoms with E-state index in [0.717, 1.165) is 12.8 Å². The van der Waals surface area contributed by atoms with Crippen molar-refractivity contribution in [2.24, 2.45) is 5.84 Å². The van der Waals surface area contributed by atoms with Crippen LogP contribution in [-0.2, 0) is 0 Å². The molecule has 116 valence electrons. The monoisotopic (exact) mass is 291 g/mol. The first-order chi connectivity index (χ1) is 10.1. The third kappa shape index (κ3) is 3.32. The van der Waals surface area contributed by atoms with Crippen LogP contribution in [0.25, 0.3) is 0 Å². The Labute approximate surface area is 126 Å². The number of nitrogen functional groups attached to an aromatic ring is 1. The summed E-state index contributed by atoms with van der Waals surface area (Å²) in [5.41, 5.74) is 3.41. The molecule has 1 aromatic rings. The third-order valence-corrected chi connectivity index (χ3v) is 4.05. The fourth-order valence-electron chi connectivity index (χ4n) is 2.86. The molecule has 0 atom stereocenters. The topological polar surface area (TPSA) is 84.1 Å². The van der Waals surface area contributed by atoms with E-state index in [4.69, 9.17) is 5.84 Å². The van der Waals surface area contributed by atoms with Gasteiger partial charge in [0.2, 0.25) is 0 Å². The Hall–Kier alpha value is -1.69. The summed E-state index contributed by atoms with van der Waals surface area (Å²) in [5, 5.41) is 0. The van der Waals surface area contributed by atoms with Crippen LogP contribution in [0.3, 0.4) is 0 Å². The van der Waals surface area contributed by atoms with Crippen LogP contribution in [-0.4, -0.2) is 33.4 Å². The molecule has 6 heteroatoms. The number of amides is 1. The minimum absolute atomic E-state index is 0.0540. The van der Waals surface area contributed by atoms with Crippen molar-refractivity contribution in [1.82, 2.24) is 14.9 Å². The van der Waals surface area contributed by atoms with E-state index in [9.17, 15) is 4.79 Å². The van der Waals surface area contributed by atoms with E-state index < -0.39 is 0 Å². The molecule has 3 N–H and O–H groups in total. The van der Waals surface area contributed by atoms with Crippen molar-refractivity contribution in [2.45, 2.75) is 58.4 Å². The molecule has 0 saturated heterocycles. The van der Waals surface area contributed by atoms with Crippen molar-refractivity contribution in [3.63, 3.8) is 0 Å². The second-order valence-corrected chi connectivity index (χ2v) is 5.82. The van der Waals surface area contributed by atoms with E-state index in [0.29, 0.717) is 29.8 Å². The molecule has 0 bridgehead atoms. The second kappa shape index (κ2) is 6.85. The number of nitrogens with two attached hydrogens (primary N) is 1. The molecule has 0 aliphatic heterocycles. The molecular weight excluding hydrogens is 266 g/mol. The smallest absolute Gasteiger partial charge is 0.275 e. The third-order valence-electron chi connectivity index (χ3n) is 4.05. The van der Waals surface area contributed by atoms with Gasteiger partial charge in [0.25, 0.3) is 5.91 Å². The van der Waals surface area contributed by atoms with E-state index in [-0.39, 0.29) is 11.8 Å². The van der Waals surface area contributed by atoms with Crippen LogP contribution in [0.1, 0.15) is 68.7 Å². The van der Waals surface area contributed by atoms with Gasteiger partial charge >= 0.3 is 0 Å². The molecule has 0 radical (unpaired) electrons. The van der Waals surface area contributed by atoms with Gasteiger partial charge in [-0.3, -0.25) is 10.6 Å². The summed E-state index contributed by atoms with van der Waals surface area (Å²) >= 11 is 0. The lowest BCUT2D eigenvalue weighted by atomic mass is 10.1. The first kappa shape index (κ1) is 15.7. The first-order valence-corrected chi connectivity index (χ1v) is 7.73. The molecule has 0 unspecified atom stereocenters. The van der Waals surface area contributed by atoms with Gasteiger partial charge in [-0.2, -0.15) is 0 Å². The molecule has 1 aliphatic carbocycles. The van der Waals surface area contributed by atoms with Crippen molar-refractivity contribution in [2.75, 3.05) is 12.0 Å². The number of hydrogen-bond acceptors (Lipinski definition) is 5. The largest absolute Gasteiger partial charge is 0.335 e. The standard InChI is InChI=1S/C15H25N5O/c1-4-20(11-7-5-6-8-11)15(21)13-12(19-16)9-17-14(18-13)10(2)3/h9-11,19H,4-8,16H2,1-3H3. The Morgan fingerprint density at radius 2 is 2.14 bits per heavy atom. The number of hydrogen-bond donors (Lipinski definition) is 2. The first-order valence-electron chi connectivity index (χ1n) is 7.73. The summed E-state index contributed by atoms with van der Waals surface area (Å²) in [6, 6.07) is 0.325. The molecule has 1 aromatic heterocycles. The highest BCUT2D eigenvalue weighted by atomic mass is 16.2. The number of aromatic nitrogens is 2. The summed E-state index contributed by atoms with van der Waals surface area (Å²) in [6.07, 6.45) is 6.13. The van der Waals surface area contributed by atoms with Gasteiger partial charge in [0.15, 0.2) is 5.69 Å². The second-order valence-electron chi connectivity index (χ2n) is 5.82. The predicted molar refractivity (Wildman–Crippen MR) is 82.9 cm³/mol. The fraction of sp³-hybridized carbons (Fsp3) is 0.667. The van der Waals surface area contributed by atoms with Crippen molar-refractivity contribution in [3.8, 4) is 0 Å². The van der Waals surface area contributed by atoms with E-state index in [1.165, 1.54) is 12.8 Å². The molecule has 1 heterocycles. The molecule has 0 spiro atoms. The van der Waals surface area contributed by atoms with Crippen LogP contribution < -0.4 is 11.3 Å². The molecule has 6 nitrogen and oxygen atoms in total. The van der Waals surface area contributed by atoms with Crippen molar-refractivity contribution in [3.05, 3.63) is 17.7 Å². The quantitative estimate of drug-likeness (QED) is 0.642.